The topological polar surface area (TPSA) is 39.3 Å². The number of piperidine rings is 1. The first kappa shape index (κ1) is 11.9. The van der Waals surface area contributed by atoms with Gasteiger partial charge in [0.15, 0.2) is 0 Å². The highest BCUT2D eigenvalue weighted by atomic mass is 15.4. The van der Waals surface area contributed by atoms with Gasteiger partial charge in [0.2, 0.25) is 0 Å². The van der Waals surface area contributed by atoms with Gasteiger partial charge in [-0.25, -0.2) is 0 Å². The highest BCUT2D eigenvalue weighted by molar-refractivity contribution is 4.83. The van der Waals surface area contributed by atoms with E-state index < -0.39 is 0 Å². The Morgan fingerprint density at radius 1 is 0.929 bits per heavy atom. The molecule has 14 heavy (non-hydrogen) atoms. The molecule has 1 aliphatic rings. The monoisotopic (exact) mass is 200 g/mol. The minimum atomic E-state index is -0.142. The van der Waals surface area contributed by atoms with Gasteiger partial charge in [-0.05, 0) is 47.1 Å². The third kappa shape index (κ3) is 2.92. The van der Waals surface area contributed by atoms with Gasteiger partial charge >= 0.3 is 0 Å². The molecule has 0 bridgehead atoms. The summed E-state index contributed by atoms with van der Waals surface area (Å²) in [5.41, 5.74) is 0. The fourth-order valence-electron chi connectivity index (χ4n) is 2.07. The third-order valence-corrected chi connectivity index (χ3v) is 3.19. The standard InChI is InChI=1S/C10H24N4/c1-11-10(12-2,13-3)9-14-7-5-4-6-8-14/h11-13H,4-9H2,1-3H3. The molecule has 0 radical (unpaired) electrons. The molecule has 0 atom stereocenters. The van der Waals surface area contributed by atoms with Crippen LogP contribution in [0.5, 0.6) is 0 Å². The molecule has 0 unspecified atom stereocenters. The van der Waals surface area contributed by atoms with Crippen LogP contribution in [0.1, 0.15) is 19.3 Å². The first-order valence-electron chi connectivity index (χ1n) is 5.55. The van der Waals surface area contributed by atoms with Gasteiger partial charge in [-0.15, -0.1) is 0 Å². The van der Waals surface area contributed by atoms with E-state index in [4.69, 9.17) is 0 Å². The molecular formula is C10H24N4. The van der Waals surface area contributed by atoms with Crippen LogP contribution < -0.4 is 16.0 Å². The van der Waals surface area contributed by atoms with E-state index >= 15 is 0 Å². The van der Waals surface area contributed by atoms with Gasteiger partial charge in [0.25, 0.3) is 0 Å². The van der Waals surface area contributed by atoms with Gasteiger partial charge < -0.3 is 0 Å². The molecular weight excluding hydrogens is 176 g/mol. The van der Waals surface area contributed by atoms with Crippen LogP contribution in [0.4, 0.5) is 0 Å². The van der Waals surface area contributed by atoms with Gasteiger partial charge in [-0.3, -0.25) is 20.9 Å². The number of likely N-dealkylation sites (tertiary alicyclic amines) is 1. The van der Waals surface area contributed by atoms with Crippen molar-refractivity contribution in [3.05, 3.63) is 0 Å². The van der Waals surface area contributed by atoms with Crippen molar-refractivity contribution < 1.29 is 0 Å². The molecule has 1 rings (SSSR count). The van der Waals surface area contributed by atoms with Crippen molar-refractivity contribution in [3.8, 4) is 0 Å². The summed E-state index contributed by atoms with van der Waals surface area (Å²) in [6.07, 6.45) is 4.07. The van der Waals surface area contributed by atoms with Gasteiger partial charge in [0.05, 0.1) is 0 Å². The number of nitrogens with zero attached hydrogens (tertiary/aromatic N) is 1. The molecule has 0 spiro atoms. The number of rotatable bonds is 5. The second-order valence-corrected chi connectivity index (χ2v) is 3.99. The lowest BCUT2D eigenvalue weighted by Crippen LogP contribution is -2.68. The summed E-state index contributed by atoms with van der Waals surface area (Å²) in [6.45, 7) is 3.47. The summed E-state index contributed by atoms with van der Waals surface area (Å²) in [7, 11) is 5.95. The molecule has 0 aromatic carbocycles. The van der Waals surface area contributed by atoms with Crippen LogP contribution in [-0.4, -0.2) is 51.5 Å². The molecule has 0 amide bonds. The van der Waals surface area contributed by atoms with E-state index in [2.05, 4.69) is 20.9 Å². The molecule has 1 saturated heterocycles. The van der Waals surface area contributed by atoms with Crippen molar-refractivity contribution in [2.75, 3.05) is 40.8 Å². The van der Waals surface area contributed by atoms with Crippen LogP contribution in [0, 0.1) is 0 Å². The van der Waals surface area contributed by atoms with E-state index in [1.807, 2.05) is 21.1 Å². The second-order valence-electron chi connectivity index (χ2n) is 3.99. The number of hydrogen-bond donors (Lipinski definition) is 3. The van der Waals surface area contributed by atoms with Crippen LogP contribution in [0.25, 0.3) is 0 Å². The van der Waals surface area contributed by atoms with Gasteiger partial charge in [0, 0.05) is 6.54 Å². The molecule has 1 heterocycles. The Hall–Kier alpha value is -0.160. The van der Waals surface area contributed by atoms with Crippen LogP contribution in [0.3, 0.4) is 0 Å². The lowest BCUT2D eigenvalue weighted by Gasteiger charge is -2.39. The molecule has 4 heteroatoms. The highest BCUT2D eigenvalue weighted by Gasteiger charge is 2.27. The van der Waals surface area contributed by atoms with Gasteiger partial charge in [-0.1, -0.05) is 6.42 Å². The summed E-state index contributed by atoms with van der Waals surface area (Å²) in [6, 6.07) is 0. The van der Waals surface area contributed by atoms with Crippen molar-refractivity contribution in [2.24, 2.45) is 0 Å². The zero-order valence-electron chi connectivity index (χ0n) is 9.69. The predicted molar refractivity (Wildman–Crippen MR) is 60.2 cm³/mol. The van der Waals surface area contributed by atoms with Crippen LogP contribution >= 0.6 is 0 Å². The van der Waals surface area contributed by atoms with E-state index in [1.54, 1.807) is 0 Å². The van der Waals surface area contributed by atoms with E-state index in [1.165, 1.54) is 32.4 Å². The largest absolute Gasteiger partial charge is 0.299 e. The highest BCUT2D eigenvalue weighted by Crippen LogP contribution is 2.10. The minimum absolute atomic E-state index is 0.142. The third-order valence-electron chi connectivity index (χ3n) is 3.19. The fraction of sp³-hybridized carbons (Fsp3) is 1.00. The normalized spacial score (nSPS) is 19.9. The predicted octanol–water partition coefficient (Wildman–Crippen LogP) is -0.216. The molecule has 3 N–H and O–H groups in total. The number of hydrogen-bond acceptors (Lipinski definition) is 4. The van der Waals surface area contributed by atoms with Crippen molar-refractivity contribution in [1.82, 2.24) is 20.9 Å². The number of nitrogens with one attached hydrogen (secondary N) is 3. The Morgan fingerprint density at radius 3 is 1.86 bits per heavy atom. The SMILES string of the molecule is CNC(CN1CCCCC1)(NC)NC. The molecule has 0 saturated carbocycles. The Balaban J connectivity index is 2.44. The number of likely N-dealkylation sites (N-methyl/N-ethyl adjacent to an activating group) is 3. The quantitative estimate of drug-likeness (QED) is 0.537. The average molecular weight is 200 g/mol. The van der Waals surface area contributed by atoms with Gasteiger partial charge in [0.1, 0.15) is 5.79 Å². The summed E-state index contributed by atoms with van der Waals surface area (Å²) in [5, 5.41) is 9.89. The Kier molecular flexibility index (Phi) is 4.81. The van der Waals surface area contributed by atoms with E-state index in [0.717, 1.165) is 6.54 Å². The second kappa shape index (κ2) is 5.66. The van der Waals surface area contributed by atoms with Crippen LogP contribution in [0.2, 0.25) is 0 Å². The minimum Gasteiger partial charge on any atom is -0.299 e. The molecule has 1 fully saturated rings. The van der Waals surface area contributed by atoms with Crippen LogP contribution in [0.15, 0.2) is 0 Å². The fourth-order valence-corrected chi connectivity index (χ4v) is 2.07. The summed E-state index contributed by atoms with van der Waals surface area (Å²) >= 11 is 0. The first-order valence-corrected chi connectivity index (χ1v) is 5.55. The summed E-state index contributed by atoms with van der Waals surface area (Å²) in [5.74, 6) is -0.142. The maximum absolute atomic E-state index is 3.30. The first-order chi connectivity index (χ1) is 6.76. The summed E-state index contributed by atoms with van der Waals surface area (Å²) in [4.78, 5) is 2.51. The smallest absolute Gasteiger partial charge is 0.135 e. The molecule has 0 aromatic rings. The molecule has 0 aromatic heterocycles. The molecule has 0 aliphatic carbocycles. The zero-order chi connectivity index (χ0) is 10.4. The zero-order valence-corrected chi connectivity index (χ0v) is 9.69. The van der Waals surface area contributed by atoms with Crippen molar-refractivity contribution in [2.45, 2.75) is 25.0 Å². The van der Waals surface area contributed by atoms with Crippen molar-refractivity contribution in [1.29, 1.82) is 0 Å². The maximum atomic E-state index is 3.30. The Bertz CT molecular complexity index is 142. The van der Waals surface area contributed by atoms with Gasteiger partial charge in [-0.2, -0.15) is 0 Å². The van der Waals surface area contributed by atoms with Crippen molar-refractivity contribution in [3.63, 3.8) is 0 Å². The Morgan fingerprint density at radius 2 is 1.43 bits per heavy atom. The van der Waals surface area contributed by atoms with E-state index in [-0.39, 0.29) is 5.79 Å². The lowest BCUT2D eigenvalue weighted by atomic mass is 10.1. The Labute approximate surface area is 87.4 Å². The lowest BCUT2D eigenvalue weighted by molar-refractivity contribution is 0.122. The molecule has 1 aliphatic heterocycles. The van der Waals surface area contributed by atoms with Crippen molar-refractivity contribution >= 4 is 0 Å². The average Bonchev–Trinajstić information content (AvgIpc) is 2.28. The summed E-state index contributed by atoms with van der Waals surface area (Å²) < 4.78 is 0. The molecule has 84 valence electrons. The van der Waals surface area contributed by atoms with Crippen LogP contribution in [-0.2, 0) is 0 Å². The maximum Gasteiger partial charge on any atom is 0.135 e. The molecule has 4 nitrogen and oxygen atoms in total. The van der Waals surface area contributed by atoms with E-state index in [0.29, 0.717) is 0 Å². The van der Waals surface area contributed by atoms with E-state index in [9.17, 15) is 0 Å².